The molecule has 0 saturated carbocycles. The van der Waals surface area contributed by atoms with Crippen molar-refractivity contribution in [3.8, 4) is 11.5 Å². The van der Waals surface area contributed by atoms with Crippen molar-refractivity contribution in [2.24, 2.45) is 5.92 Å². The average molecular weight is 410 g/mol. The third-order valence-electron chi connectivity index (χ3n) is 4.62. The average Bonchev–Trinajstić information content (AvgIpc) is 3.25. The quantitative estimate of drug-likeness (QED) is 0.815. The van der Waals surface area contributed by atoms with Crippen LogP contribution >= 0.6 is 0 Å². The Morgan fingerprint density at radius 2 is 1.89 bits per heavy atom. The van der Waals surface area contributed by atoms with Crippen LogP contribution < -0.4 is 19.1 Å². The number of halogens is 2. The molecule has 1 fully saturated rings. The summed E-state index contributed by atoms with van der Waals surface area (Å²) in [7, 11) is -4.16. The van der Waals surface area contributed by atoms with E-state index in [1.807, 2.05) is 0 Å². The van der Waals surface area contributed by atoms with E-state index in [2.05, 4.69) is 4.72 Å². The molecule has 0 aliphatic carbocycles. The fraction of sp³-hybridized carbons (Fsp3) is 0.278. The van der Waals surface area contributed by atoms with Gasteiger partial charge in [0, 0.05) is 37.3 Å². The monoisotopic (exact) mass is 410 g/mol. The van der Waals surface area contributed by atoms with Gasteiger partial charge in [0.2, 0.25) is 22.7 Å². The van der Waals surface area contributed by atoms with Gasteiger partial charge in [-0.05, 0) is 30.2 Å². The number of anilines is 1. The van der Waals surface area contributed by atoms with Gasteiger partial charge in [0.1, 0.15) is 16.5 Å². The van der Waals surface area contributed by atoms with Gasteiger partial charge < -0.3 is 14.4 Å². The second kappa shape index (κ2) is 7.02. The lowest BCUT2D eigenvalue weighted by Gasteiger charge is -2.17. The molecule has 4 rings (SSSR count). The first-order chi connectivity index (χ1) is 13.3. The van der Waals surface area contributed by atoms with Crippen LogP contribution in [0.25, 0.3) is 0 Å². The number of nitrogens with one attached hydrogen (secondary N) is 1. The van der Waals surface area contributed by atoms with Crippen molar-refractivity contribution >= 4 is 21.6 Å². The second-order valence-corrected chi connectivity index (χ2v) is 8.27. The molecule has 28 heavy (non-hydrogen) atoms. The minimum absolute atomic E-state index is 0.0497. The zero-order chi connectivity index (χ0) is 19.9. The van der Waals surface area contributed by atoms with Crippen LogP contribution in [0, 0.1) is 17.6 Å². The molecule has 0 unspecified atom stereocenters. The number of fused-ring (bicyclic) bond motifs is 1. The first kappa shape index (κ1) is 18.6. The van der Waals surface area contributed by atoms with E-state index in [4.69, 9.17) is 9.47 Å². The van der Waals surface area contributed by atoms with Crippen molar-refractivity contribution < 1.29 is 31.5 Å². The number of amides is 1. The lowest BCUT2D eigenvalue weighted by atomic mass is 10.1. The van der Waals surface area contributed by atoms with Crippen molar-refractivity contribution in [2.75, 3.05) is 24.8 Å². The number of carbonyl (C=O) groups is 1. The summed E-state index contributed by atoms with van der Waals surface area (Å²) in [6.45, 7) is 0.371. The molecule has 10 heteroatoms. The fourth-order valence-electron chi connectivity index (χ4n) is 3.22. The molecule has 148 valence electrons. The molecule has 2 aromatic rings. The van der Waals surface area contributed by atoms with Crippen molar-refractivity contribution in [3.63, 3.8) is 0 Å². The largest absolute Gasteiger partial charge is 0.454 e. The molecular weight excluding hydrogens is 394 g/mol. The zero-order valence-electron chi connectivity index (χ0n) is 14.5. The molecule has 0 bridgehead atoms. The van der Waals surface area contributed by atoms with Crippen LogP contribution in [0.3, 0.4) is 0 Å². The van der Waals surface area contributed by atoms with E-state index in [9.17, 15) is 22.0 Å². The Morgan fingerprint density at radius 3 is 2.68 bits per heavy atom. The van der Waals surface area contributed by atoms with E-state index in [0.717, 1.165) is 12.1 Å². The Hall–Kier alpha value is -2.72. The SMILES string of the molecule is O=C1C[C@@H](CNS(=O)(=O)c2ccc(F)cc2F)CN1c1ccc2c(c1)OCO2. The van der Waals surface area contributed by atoms with Crippen LogP contribution in [0.2, 0.25) is 0 Å². The van der Waals surface area contributed by atoms with Crippen LogP contribution in [-0.4, -0.2) is 34.2 Å². The Balaban J connectivity index is 1.43. The van der Waals surface area contributed by atoms with E-state index < -0.39 is 26.6 Å². The molecule has 1 saturated heterocycles. The highest BCUT2D eigenvalue weighted by Crippen LogP contribution is 2.37. The number of rotatable bonds is 5. The maximum Gasteiger partial charge on any atom is 0.243 e. The number of hydrogen-bond donors (Lipinski definition) is 1. The van der Waals surface area contributed by atoms with E-state index in [-0.39, 0.29) is 31.6 Å². The molecule has 1 atom stereocenters. The zero-order valence-corrected chi connectivity index (χ0v) is 15.3. The van der Waals surface area contributed by atoms with Gasteiger partial charge >= 0.3 is 0 Å². The summed E-state index contributed by atoms with van der Waals surface area (Å²) in [5, 5.41) is 0. The molecule has 0 spiro atoms. The molecule has 7 nitrogen and oxygen atoms in total. The standard InChI is InChI=1S/C18H16F2N2O5S/c19-12-1-4-17(14(20)6-12)28(24,25)21-8-11-5-18(23)22(9-11)13-2-3-15-16(7-13)27-10-26-15/h1-4,6-7,11,21H,5,8-10H2/t11-/m0/s1. The molecule has 2 aliphatic rings. The smallest absolute Gasteiger partial charge is 0.243 e. The lowest BCUT2D eigenvalue weighted by Crippen LogP contribution is -2.31. The van der Waals surface area contributed by atoms with Gasteiger partial charge in [0.15, 0.2) is 11.5 Å². The van der Waals surface area contributed by atoms with Gasteiger partial charge in [-0.25, -0.2) is 21.9 Å². The molecule has 2 heterocycles. The Bertz CT molecular complexity index is 1040. The highest BCUT2D eigenvalue weighted by Gasteiger charge is 2.32. The summed E-state index contributed by atoms with van der Waals surface area (Å²) in [5.41, 5.74) is 0.629. The van der Waals surface area contributed by atoms with Crippen LogP contribution in [0.4, 0.5) is 14.5 Å². The first-order valence-electron chi connectivity index (χ1n) is 8.48. The van der Waals surface area contributed by atoms with Gasteiger partial charge in [-0.1, -0.05) is 0 Å². The minimum Gasteiger partial charge on any atom is -0.454 e. The highest BCUT2D eigenvalue weighted by molar-refractivity contribution is 7.89. The van der Waals surface area contributed by atoms with Crippen LogP contribution in [0.1, 0.15) is 6.42 Å². The minimum atomic E-state index is -4.16. The number of benzene rings is 2. The van der Waals surface area contributed by atoms with Gasteiger partial charge in [0.05, 0.1) is 0 Å². The van der Waals surface area contributed by atoms with E-state index in [0.29, 0.717) is 29.8 Å². The van der Waals surface area contributed by atoms with Gasteiger partial charge in [-0.3, -0.25) is 4.79 Å². The van der Waals surface area contributed by atoms with Crippen molar-refractivity contribution in [1.29, 1.82) is 0 Å². The molecule has 2 aliphatic heterocycles. The van der Waals surface area contributed by atoms with Gasteiger partial charge in [0.25, 0.3) is 0 Å². The topological polar surface area (TPSA) is 84.9 Å². The van der Waals surface area contributed by atoms with Gasteiger partial charge in [-0.2, -0.15) is 0 Å². The first-order valence-corrected chi connectivity index (χ1v) is 9.96. The summed E-state index contributed by atoms with van der Waals surface area (Å²) in [5.74, 6) is -1.34. The Kier molecular flexibility index (Phi) is 4.68. The highest BCUT2D eigenvalue weighted by atomic mass is 32.2. The predicted octanol–water partition coefficient (Wildman–Crippen LogP) is 2.02. The van der Waals surface area contributed by atoms with Crippen LogP contribution in [0.5, 0.6) is 11.5 Å². The fourth-order valence-corrected chi connectivity index (χ4v) is 4.39. The maximum absolute atomic E-state index is 13.8. The summed E-state index contributed by atoms with van der Waals surface area (Å²) in [6.07, 6.45) is 0.142. The molecule has 0 aromatic heterocycles. The van der Waals surface area contributed by atoms with Crippen molar-refractivity contribution in [2.45, 2.75) is 11.3 Å². The third-order valence-corrected chi connectivity index (χ3v) is 6.08. The number of ether oxygens (including phenoxy) is 2. The molecule has 2 aromatic carbocycles. The van der Waals surface area contributed by atoms with E-state index in [1.165, 1.54) is 0 Å². The Morgan fingerprint density at radius 1 is 1.11 bits per heavy atom. The number of carbonyl (C=O) groups excluding carboxylic acids is 1. The predicted molar refractivity (Wildman–Crippen MR) is 94.6 cm³/mol. The summed E-state index contributed by atoms with van der Waals surface area (Å²) >= 11 is 0. The maximum atomic E-state index is 13.8. The van der Waals surface area contributed by atoms with Crippen LogP contribution in [-0.2, 0) is 14.8 Å². The van der Waals surface area contributed by atoms with E-state index in [1.54, 1.807) is 23.1 Å². The molecule has 0 radical (unpaired) electrons. The summed E-state index contributed by atoms with van der Waals surface area (Å²) in [6, 6.07) is 7.38. The summed E-state index contributed by atoms with van der Waals surface area (Å²) < 4.78 is 64.1. The van der Waals surface area contributed by atoms with Crippen molar-refractivity contribution in [1.82, 2.24) is 4.72 Å². The third kappa shape index (κ3) is 3.52. The molecule has 1 amide bonds. The van der Waals surface area contributed by atoms with Gasteiger partial charge in [-0.15, -0.1) is 0 Å². The van der Waals surface area contributed by atoms with Crippen molar-refractivity contribution in [3.05, 3.63) is 48.0 Å². The Labute approximate surface area is 159 Å². The number of sulfonamides is 1. The molecule has 1 N–H and O–H groups in total. The second-order valence-electron chi connectivity index (χ2n) is 6.54. The normalized spacial score (nSPS) is 18.7. The molecular formula is C18H16F2N2O5S. The van der Waals surface area contributed by atoms with Crippen LogP contribution in [0.15, 0.2) is 41.3 Å². The van der Waals surface area contributed by atoms with E-state index >= 15 is 0 Å². The number of nitrogens with zero attached hydrogens (tertiary/aromatic N) is 1. The number of hydrogen-bond acceptors (Lipinski definition) is 5. The summed E-state index contributed by atoms with van der Waals surface area (Å²) in [4.78, 5) is 13.3. The lowest BCUT2D eigenvalue weighted by molar-refractivity contribution is -0.117.